The predicted molar refractivity (Wildman–Crippen MR) is 76.5 cm³/mol. The number of aryl methyl sites for hydroxylation is 1. The minimum Gasteiger partial charge on any atom is -0.310 e. The molecule has 1 saturated carbocycles. The molecule has 1 aromatic heterocycles. The number of nitrogens with one attached hydrogen (secondary N) is 1. The van der Waals surface area contributed by atoms with Crippen LogP contribution < -0.4 is 5.32 Å². The first-order valence-corrected chi connectivity index (χ1v) is 7.40. The van der Waals surface area contributed by atoms with Crippen molar-refractivity contribution in [1.82, 2.24) is 10.3 Å². The van der Waals surface area contributed by atoms with Gasteiger partial charge in [-0.2, -0.15) is 0 Å². The fraction of sp³-hybridized carbons (Fsp3) is 0.688. The third-order valence-corrected chi connectivity index (χ3v) is 4.21. The smallest absolute Gasteiger partial charge is 0.0372 e. The highest BCUT2D eigenvalue weighted by Gasteiger charge is 2.18. The Balaban J connectivity index is 1.79. The van der Waals surface area contributed by atoms with Crippen LogP contribution in [0.25, 0.3) is 0 Å². The molecule has 2 heteroatoms. The van der Waals surface area contributed by atoms with Gasteiger partial charge in [-0.05, 0) is 44.2 Å². The van der Waals surface area contributed by atoms with E-state index in [0.717, 1.165) is 18.2 Å². The van der Waals surface area contributed by atoms with Gasteiger partial charge in [-0.1, -0.05) is 31.7 Å². The van der Waals surface area contributed by atoms with Crippen molar-refractivity contribution in [2.24, 2.45) is 5.92 Å². The topological polar surface area (TPSA) is 24.9 Å². The molecule has 1 N–H and O–H groups in total. The Kier molecular flexibility index (Phi) is 5.18. The van der Waals surface area contributed by atoms with Crippen LogP contribution in [0.5, 0.6) is 0 Å². The highest BCUT2D eigenvalue weighted by molar-refractivity contribution is 5.12. The van der Waals surface area contributed by atoms with Crippen molar-refractivity contribution in [1.29, 1.82) is 0 Å². The van der Waals surface area contributed by atoms with Gasteiger partial charge in [0.1, 0.15) is 0 Å². The molecule has 1 atom stereocenters. The molecular weight excluding hydrogens is 220 g/mol. The van der Waals surface area contributed by atoms with E-state index in [1.54, 1.807) is 0 Å². The summed E-state index contributed by atoms with van der Waals surface area (Å²) in [5, 5.41) is 3.68. The molecular formula is C16H26N2. The van der Waals surface area contributed by atoms with Crippen LogP contribution in [-0.4, -0.2) is 11.0 Å². The number of hydrogen-bond donors (Lipinski definition) is 1. The standard InChI is InChI=1S/C16H26N2/c1-13-9-10-15(11-17-13)12-18-14(2)16-7-5-3-4-6-8-16/h9-11,14,16,18H,3-8,12H2,1-2H3/t14-/m1/s1. The van der Waals surface area contributed by atoms with Crippen LogP contribution in [0.2, 0.25) is 0 Å². The summed E-state index contributed by atoms with van der Waals surface area (Å²) in [6.45, 7) is 5.33. The Morgan fingerprint density at radius 1 is 1.22 bits per heavy atom. The number of pyridine rings is 1. The van der Waals surface area contributed by atoms with E-state index in [1.807, 2.05) is 13.1 Å². The molecule has 0 bridgehead atoms. The van der Waals surface area contributed by atoms with E-state index in [1.165, 1.54) is 44.1 Å². The summed E-state index contributed by atoms with van der Waals surface area (Å²) in [5.41, 5.74) is 2.39. The summed E-state index contributed by atoms with van der Waals surface area (Å²) in [4.78, 5) is 4.34. The largest absolute Gasteiger partial charge is 0.310 e. The second-order valence-corrected chi connectivity index (χ2v) is 5.73. The first-order chi connectivity index (χ1) is 8.75. The summed E-state index contributed by atoms with van der Waals surface area (Å²) >= 11 is 0. The SMILES string of the molecule is Cc1ccc(CN[C@H](C)C2CCCCCC2)cn1. The van der Waals surface area contributed by atoms with Crippen LogP contribution in [0.4, 0.5) is 0 Å². The van der Waals surface area contributed by atoms with Crippen molar-refractivity contribution < 1.29 is 0 Å². The lowest BCUT2D eigenvalue weighted by Gasteiger charge is -2.23. The van der Waals surface area contributed by atoms with E-state index in [-0.39, 0.29) is 0 Å². The van der Waals surface area contributed by atoms with E-state index in [4.69, 9.17) is 0 Å². The second kappa shape index (κ2) is 6.89. The van der Waals surface area contributed by atoms with E-state index in [2.05, 4.69) is 29.4 Å². The highest BCUT2D eigenvalue weighted by atomic mass is 14.9. The van der Waals surface area contributed by atoms with Gasteiger partial charge in [0.05, 0.1) is 0 Å². The Hall–Kier alpha value is -0.890. The zero-order chi connectivity index (χ0) is 12.8. The maximum absolute atomic E-state index is 4.34. The number of aromatic nitrogens is 1. The molecule has 2 rings (SSSR count). The molecule has 1 fully saturated rings. The van der Waals surface area contributed by atoms with E-state index < -0.39 is 0 Å². The Bertz CT molecular complexity index is 337. The summed E-state index contributed by atoms with van der Waals surface area (Å²) < 4.78 is 0. The van der Waals surface area contributed by atoms with Crippen LogP contribution in [0.3, 0.4) is 0 Å². The molecule has 1 aliphatic rings. The molecule has 0 radical (unpaired) electrons. The Morgan fingerprint density at radius 3 is 2.56 bits per heavy atom. The van der Waals surface area contributed by atoms with Crippen LogP contribution in [-0.2, 0) is 6.54 Å². The fourth-order valence-electron chi connectivity index (χ4n) is 2.86. The zero-order valence-electron chi connectivity index (χ0n) is 11.8. The first-order valence-electron chi connectivity index (χ1n) is 7.40. The second-order valence-electron chi connectivity index (χ2n) is 5.73. The van der Waals surface area contributed by atoms with E-state index in [9.17, 15) is 0 Å². The molecule has 1 aromatic rings. The minimum atomic E-state index is 0.629. The van der Waals surface area contributed by atoms with Crippen molar-refractivity contribution >= 4 is 0 Å². The van der Waals surface area contributed by atoms with Crippen LogP contribution in [0, 0.1) is 12.8 Å². The van der Waals surface area contributed by atoms with Gasteiger partial charge in [0.2, 0.25) is 0 Å². The van der Waals surface area contributed by atoms with Gasteiger partial charge >= 0.3 is 0 Å². The van der Waals surface area contributed by atoms with Gasteiger partial charge in [-0.3, -0.25) is 4.98 Å². The Morgan fingerprint density at radius 2 is 1.94 bits per heavy atom. The van der Waals surface area contributed by atoms with Crippen LogP contribution >= 0.6 is 0 Å². The van der Waals surface area contributed by atoms with Gasteiger partial charge in [0.15, 0.2) is 0 Å². The molecule has 0 unspecified atom stereocenters. The molecule has 0 aliphatic heterocycles. The van der Waals surface area contributed by atoms with Crippen molar-refractivity contribution in [2.75, 3.05) is 0 Å². The number of nitrogens with zero attached hydrogens (tertiary/aromatic N) is 1. The molecule has 18 heavy (non-hydrogen) atoms. The summed E-state index contributed by atoms with van der Waals surface area (Å²) in [5.74, 6) is 0.867. The molecule has 0 spiro atoms. The van der Waals surface area contributed by atoms with Crippen molar-refractivity contribution in [3.63, 3.8) is 0 Å². The monoisotopic (exact) mass is 246 g/mol. The average Bonchev–Trinajstić information content (AvgIpc) is 2.66. The van der Waals surface area contributed by atoms with Gasteiger partial charge in [0.25, 0.3) is 0 Å². The van der Waals surface area contributed by atoms with Gasteiger partial charge < -0.3 is 5.32 Å². The average molecular weight is 246 g/mol. The van der Waals surface area contributed by atoms with Crippen molar-refractivity contribution in [3.05, 3.63) is 29.6 Å². The lowest BCUT2D eigenvalue weighted by Crippen LogP contribution is -2.32. The molecule has 100 valence electrons. The third-order valence-electron chi connectivity index (χ3n) is 4.21. The van der Waals surface area contributed by atoms with E-state index in [0.29, 0.717) is 6.04 Å². The Labute approximate surface area is 111 Å². The third kappa shape index (κ3) is 4.09. The minimum absolute atomic E-state index is 0.629. The van der Waals surface area contributed by atoms with Crippen molar-refractivity contribution in [3.8, 4) is 0 Å². The maximum Gasteiger partial charge on any atom is 0.0372 e. The van der Waals surface area contributed by atoms with Crippen molar-refractivity contribution in [2.45, 2.75) is 65.0 Å². The number of rotatable bonds is 4. The molecule has 1 aliphatic carbocycles. The molecule has 2 nitrogen and oxygen atoms in total. The highest BCUT2D eigenvalue weighted by Crippen LogP contribution is 2.25. The summed E-state index contributed by atoms with van der Waals surface area (Å²) in [7, 11) is 0. The quantitative estimate of drug-likeness (QED) is 0.817. The molecule has 0 aromatic carbocycles. The normalized spacial score (nSPS) is 19.4. The van der Waals surface area contributed by atoms with Gasteiger partial charge in [-0.15, -0.1) is 0 Å². The first kappa shape index (κ1) is 13.5. The maximum atomic E-state index is 4.34. The fourth-order valence-corrected chi connectivity index (χ4v) is 2.86. The number of hydrogen-bond acceptors (Lipinski definition) is 2. The lowest BCUT2D eigenvalue weighted by atomic mass is 9.93. The molecule has 0 amide bonds. The lowest BCUT2D eigenvalue weighted by molar-refractivity contribution is 0.336. The zero-order valence-corrected chi connectivity index (χ0v) is 11.8. The van der Waals surface area contributed by atoms with Crippen LogP contribution in [0.15, 0.2) is 18.3 Å². The van der Waals surface area contributed by atoms with E-state index >= 15 is 0 Å². The van der Waals surface area contributed by atoms with Crippen LogP contribution in [0.1, 0.15) is 56.7 Å². The summed E-state index contributed by atoms with van der Waals surface area (Å²) in [6, 6.07) is 4.90. The summed E-state index contributed by atoms with van der Waals surface area (Å²) in [6.07, 6.45) is 10.5. The molecule has 1 heterocycles. The van der Waals surface area contributed by atoms with Gasteiger partial charge in [-0.25, -0.2) is 0 Å². The van der Waals surface area contributed by atoms with Gasteiger partial charge in [0, 0.05) is 24.5 Å². The predicted octanol–water partition coefficient (Wildman–Crippen LogP) is 3.84. The molecule has 0 saturated heterocycles.